The maximum atomic E-state index is 5.43. The lowest BCUT2D eigenvalue weighted by molar-refractivity contribution is 0.155. The zero-order valence-electron chi connectivity index (χ0n) is 8.96. The standard InChI is InChI=1S/C9H13N5O2/c1-15-6-9-2-7(12-16-9)4-14-5-8(3-10)11-13-14/h2,5H,3-4,6,10H2,1H3. The van der Waals surface area contributed by atoms with Crippen molar-refractivity contribution in [1.82, 2.24) is 20.2 Å². The lowest BCUT2D eigenvalue weighted by Crippen LogP contribution is -2.00. The zero-order valence-corrected chi connectivity index (χ0v) is 8.96. The fraction of sp³-hybridized carbons (Fsp3) is 0.444. The molecule has 7 heteroatoms. The summed E-state index contributed by atoms with van der Waals surface area (Å²) in [6.45, 7) is 1.31. The van der Waals surface area contributed by atoms with Gasteiger partial charge in [-0.1, -0.05) is 10.4 Å². The molecule has 0 aliphatic heterocycles. The van der Waals surface area contributed by atoms with Crippen molar-refractivity contribution in [1.29, 1.82) is 0 Å². The average Bonchev–Trinajstić information content (AvgIpc) is 2.89. The Morgan fingerprint density at radius 3 is 3.06 bits per heavy atom. The molecule has 2 aromatic rings. The van der Waals surface area contributed by atoms with Gasteiger partial charge in [0.2, 0.25) is 0 Å². The van der Waals surface area contributed by atoms with E-state index >= 15 is 0 Å². The SMILES string of the molecule is COCc1cc(Cn2cc(CN)nn2)no1. The Kier molecular flexibility index (Phi) is 3.28. The minimum Gasteiger partial charge on any atom is -0.377 e. The average molecular weight is 223 g/mol. The third-order valence-corrected chi connectivity index (χ3v) is 2.01. The molecule has 0 fully saturated rings. The Morgan fingerprint density at radius 2 is 2.38 bits per heavy atom. The predicted molar refractivity (Wildman–Crippen MR) is 54.2 cm³/mol. The normalized spacial score (nSPS) is 10.9. The molecule has 16 heavy (non-hydrogen) atoms. The van der Waals surface area contributed by atoms with E-state index < -0.39 is 0 Å². The van der Waals surface area contributed by atoms with Gasteiger partial charge in [-0.25, -0.2) is 4.68 Å². The molecule has 0 spiro atoms. The van der Waals surface area contributed by atoms with E-state index in [9.17, 15) is 0 Å². The van der Waals surface area contributed by atoms with Gasteiger partial charge < -0.3 is 15.0 Å². The lowest BCUT2D eigenvalue weighted by Gasteiger charge is -1.93. The molecule has 2 rings (SSSR count). The first-order valence-electron chi connectivity index (χ1n) is 4.84. The highest BCUT2D eigenvalue weighted by Gasteiger charge is 2.06. The van der Waals surface area contributed by atoms with E-state index in [0.29, 0.717) is 25.5 Å². The molecule has 0 aliphatic carbocycles. The summed E-state index contributed by atoms with van der Waals surface area (Å²) in [5, 5.41) is 11.7. The van der Waals surface area contributed by atoms with Gasteiger partial charge in [0.1, 0.15) is 12.3 Å². The molecule has 2 N–H and O–H groups in total. The largest absolute Gasteiger partial charge is 0.377 e. The molecule has 0 atom stereocenters. The number of hydrogen-bond donors (Lipinski definition) is 1. The Balaban J connectivity index is 2.02. The van der Waals surface area contributed by atoms with Crippen LogP contribution in [0.4, 0.5) is 0 Å². The van der Waals surface area contributed by atoms with Crippen LogP contribution in [0.15, 0.2) is 16.8 Å². The van der Waals surface area contributed by atoms with Crippen LogP contribution in [-0.2, 0) is 24.4 Å². The van der Waals surface area contributed by atoms with Gasteiger partial charge in [0, 0.05) is 19.7 Å². The van der Waals surface area contributed by atoms with Crippen molar-refractivity contribution in [2.24, 2.45) is 5.73 Å². The van der Waals surface area contributed by atoms with Crippen molar-refractivity contribution >= 4 is 0 Å². The van der Waals surface area contributed by atoms with Gasteiger partial charge in [-0.3, -0.25) is 0 Å². The van der Waals surface area contributed by atoms with Crippen molar-refractivity contribution in [3.05, 3.63) is 29.4 Å². The van der Waals surface area contributed by atoms with Gasteiger partial charge in [-0.05, 0) is 0 Å². The van der Waals surface area contributed by atoms with Gasteiger partial charge in [-0.2, -0.15) is 0 Å². The minimum atomic E-state index is 0.383. The number of methoxy groups -OCH3 is 1. The van der Waals surface area contributed by atoms with Gasteiger partial charge in [0.15, 0.2) is 5.76 Å². The summed E-state index contributed by atoms with van der Waals surface area (Å²) in [5.41, 5.74) is 6.96. The van der Waals surface area contributed by atoms with Crippen LogP contribution in [-0.4, -0.2) is 27.3 Å². The summed E-state index contributed by atoms with van der Waals surface area (Å²) in [5.74, 6) is 0.691. The maximum Gasteiger partial charge on any atom is 0.162 e. The van der Waals surface area contributed by atoms with Crippen molar-refractivity contribution in [3.63, 3.8) is 0 Å². The molecule has 2 heterocycles. The number of rotatable bonds is 5. The smallest absolute Gasteiger partial charge is 0.162 e. The van der Waals surface area contributed by atoms with Gasteiger partial charge >= 0.3 is 0 Å². The Bertz CT molecular complexity index is 450. The van der Waals surface area contributed by atoms with Crippen LogP contribution >= 0.6 is 0 Å². The van der Waals surface area contributed by atoms with Crippen LogP contribution in [0.25, 0.3) is 0 Å². The lowest BCUT2D eigenvalue weighted by atomic mass is 10.3. The maximum absolute atomic E-state index is 5.43. The Morgan fingerprint density at radius 1 is 1.50 bits per heavy atom. The second kappa shape index (κ2) is 4.86. The van der Waals surface area contributed by atoms with E-state index in [4.69, 9.17) is 15.0 Å². The molecule has 0 bridgehead atoms. The molecule has 86 valence electrons. The summed E-state index contributed by atoms with van der Waals surface area (Å²) in [4.78, 5) is 0. The summed E-state index contributed by atoms with van der Waals surface area (Å²) >= 11 is 0. The number of hydrogen-bond acceptors (Lipinski definition) is 6. The molecule has 0 saturated carbocycles. The molecular formula is C9H13N5O2. The molecule has 0 unspecified atom stereocenters. The number of aromatic nitrogens is 4. The third-order valence-electron chi connectivity index (χ3n) is 2.01. The number of nitrogens with zero attached hydrogens (tertiary/aromatic N) is 4. The molecular weight excluding hydrogens is 210 g/mol. The fourth-order valence-corrected chi connectivity index (χ4v) is 1.32. The van der Waals surface area contributed by atoms with Crippen LogP contribution in [0, 0.1) is 0 Å². The van der Waals surface area contributed by atoms with Crippen LogP contribution in [0.1, 0.15) is 17.1 Å². The highest BCUT2D eigenvalue weighted by molar-refractivity contribution is 5.05. The molecule has 0 saturated heterocycles. The molecule has 0 aromatic carbocycles. The topological polar surface area (TPSA) is 92.0 Å². The van der Waals surface area contributed by atoms with Gasteiger partial charge in [-0.15, -0.1) is 5.10 Å². The van der Waals surface area contributed by atoms with Crippen LogP contribution < -0.4 is 5.73 Å². The first-order valence-corrected chi connectivity index (χ1v) is 4.84. The van der Waals surface area contributed by atoms with Crippen molar-refractivity contribution < 1.29 is 9.26 Å². The Hall–Kier alpha value is -1.73. The quantitative estimate of drug-likeness (QED) is 0.762. The monoisotopic (exact) mass is 223 g/mol. The van der Waals surface area contributed by atoms with Gasteiger partial charge in [0.05, 0.1) is 18.4 Å². The number of ether oxygens (including phenoxy) is 1. The van der Waals surface area contributed by atoms with Crippen molar-refractivity contribution in [3.8, 4) is 0 Å². The number of nitrogens with two attached hydrogens (primary N) is 1. The first kappa shape index (κ1) is 10.8. The van der Waals surface area contributed by atoms with Crippen LogP contribution in [0.5, 0.6) is 0 Å². The minimum absolute atomic E-state index is 0.383. The molecule has 0 amide bonds. The van der Waals surface area contributed by atoms with Gasteiger partial charge in [0.25, 0.3) is 0 Å². The van der Waals surface area contributed by atoms with E-state index in [1.54, 1.807) is 18.0 Å². The molecule has 0 aliphatic rings. The Labute approximate surface area is 92.2 Å². The molecule has 2 aromatic heterocycles. The highest BCUT2D eigenvalue weighted by atomic mass is 16.5. The van der Waals surface area contributed by atoms with Crippen LogP contribution in [0.2, 0.25) is 0 Å². The van der Waals surface area contributed by atoms with Crippen LogP contribution in [0.3, 0.4) is 0 Å². The molecule has 7 nitrogen and oxygen atoms in total. The van der Waals surface area contributed by atoms with E-state index in [1.165, 1.54) is 0 Å². The molecule has 0 radical (unpaired) electrons. The summed E-state index contributed by atoms with van der Waals surface area (Å²) in [6, 6.07) is 1.83. The highest BCUT2D eigenvalue weighted by Crippen LogP contribution is 2.06. The second-order valence-corrected chi connectivity index (χ2v) is 3.33. The van der Waals surface area contributed by atoms with E-state index in [1.807, 2.05) is 6.07 Å². The predicted octanol–water partition coefficient (Wildman–Crippen LogP) is -0.0805. The van der Waals surface area contributed by atoms with E-state index in [2.05, 4.69) is 15.5 Å². The zero-order chi connectivity index (χ0) is 11.4. The van der Waals surface area contributed by atoms with Crippen molar-refractivity contribution in [2.45, 2.75) is 19.7 Å². The second-order valence-electron chi connectivity index (χ2n) is 3.33. The first-order chi connectivity index (χ1) is 7.81. The fourth-order valence-electron chi connectivity index (χ4n) is 1.32. The summed E-state index contributed by atoms with van der Waals surface area (Å²) in [6.07, 6.45) is 1.78. The summed E-state index contributed by atoms with van der Waals surface area (Å²) < 4.78 is 11.6. The van der Waals surface area contributed by atoms with E-state index in [-0.39, 0.29) is 0 Å². The van der Waals surface area contributed by atoms with Crippen molar-refractivity contribution in [2.75, 3.05) is 7.11 Å². The third kappa shape index (κ3) is 2.44. The van der Waals surface area contributed by atoms with E-state index in [0.717, 1.165) is 11.4 Å². The summed E-state index contributed by atoms with van der Waals surface area (Å²) in [7, 11) is 1.60.